The Labute approximate surface area is 160 Å². The monoisotopic (exact) mass is 378 g/mol. The Morgan fingerprint density at radius 1 is 1.08 bits per heavy atom. The van der Waals surface area contributed by atoms with Crippen molar-refractivity contribution in [1.29, 1.82) is 0 Å². The number of hydrogen-bond acceptors (Lipinski definition) is 4. The second kappa shape index (κ2) is 7.48. The number of aryl methyl sites for hydroxylation is 1. The lowest BCUT2D eigenvalue weighted by Crippen LogP contribution is -2.11. The summed E-state index contributed by atoms with van der Waals surface area (Å²) in [5, 5.41) is 5.90. The fourth-order valence-electron chi connectivity index (χ4n) is 2.79. The van der Waals surface area contributed by atoms with E-state index in [9.17, 15) is 4.79 Å². The van der Waals surface area contributed by atoms with Gasteiger partial charge >= 0.3 is 0 Å². The molecule has 0 unspecified atom stereocenters. The molecule has 0 fully saturated rings. The van der Waals surface area contributed by atoms with Crippen molar-refractivity contribution >= 4 is 55.1 Å². The van der Waals surface area contributed by atoms with Crippen LogP contribution in [0.4, 0.5) is 5.13 Å². The third-order valence-electron chi connectivity index (χ3n) is 4.15. The maximum Gasteiger partial charge on any atom is 0.226 e. The van der Waals surface area contributed by atoms with Crippen LogP contribution in [0, 0.1) is 6.92 Å². The zero-order valence-corrected chi connectivity index (χ0v) is 16.0. The fourth-order valence-corrected chi connectivity index (χ4v) is 4.54. The van der Waals surface area contributed by atoms with E-state index in [-0.39, 0.29) is 5.91 Å². The van der Waals surface area contributed by atoms with Gasteiger partial charge in [0.2, 0.25) is 5.91 Å². The molecule has 26 heavy (non-hydrogen) atoms. The van der Waals surface area contributed by atoms with Crippen molar-refractivity contribution in [3.8, 4) is 0 Å². The van der Waals surface area contributed by atoms with Crippen molar-refractivity contribution in [2.75, 3.05) is 11.1 Å². The summed E-state index contributed by atoms with van der Waals surface area (Å²) in [6.07, 6.45) is 0.467. The number of anilines is 1. The minimum absolute atomic E-state index is 0.00738. The largest absolute Gasteiger partial charge is 0.302 e. The Bertz CT molecular complexity index is 1070. The number of carbonyl (C=O) groups excluding carboxylic acids is 1. The molecule has 1 aromatic heterocycles. The molecule has 4 rings (SSSR count). The quantitative estimate of drug-likeness (QED) is 0.441. The van der Waals surface area contributed by atoms with Crippen molar-refractivity contribution in [1.82, 2.24) is 4.98 Å². The molecule has 0 aliphatic carbocycles. The van der Waals surface area contributed by atoms with Crippen LogP contribution in [0.2, 0.25) is 0 Å². The fraction of sp³-hybridized carbons (Fsp3) is 0.143. The number of thiazole rings is 1. The van der Waals surface area contributed by atoms with Gasteiger partial charge in [-0.2, -0.15) is 0 Å². The lowest BCUT2D eigenvalue weighted by atomic mass is 10.1. The first-order valence-corrected chi connectivity index (χ1v) is 10.3. The Hall–Kier alpha value is -2.37. The van der Waals surface area contributed by atoms with E-state index in [0.29, 0.717) is 11.6 Å². The Morgan fingerprint density at radius 2 is 1.88 bits per heavy atom. The lowest BCUT2D eigenvalue weighted by molar-refractivity contribution is -0.115. The van der Waals surface area contributed by atoms with Crippen molar-refractivity contribution in [2.24, 2.45) is 0 Å². The molecule has 3 nitrogen and oxygen atoms in total. The van der Waals surface area contributed by atoms with Gasteiger partial charge in [-0.1, -0.05) is 59.4 Å². The van der Waals surface area contributed by atoms with Gasteiger partial charge in [0.1, 0.15) is 0 Å². The number of hydrogen-bond donors (Lipinski definition) is 1. The number of thioether (sulfide) groups is 1. The average Bonchev–Trinajstić information content (AvgIpc) is 3.06. The Morgan fingerprint density at radius 3 is 2.73 bits per heavy atom. The normalized spacial score (nSPS) is 11.1. The molecule has 4 aromatic rings. The van der Waals surface area contributed by atoms with Crippen LogP contribution in [0.25, 0.3) is 21.0 Å². The molecular formula is C21H18N2OS2. The van der Waals surface area contributed by atoms with Crippen molar-refractivity contribution < 1.29 is 4.79 Å². The molecule has 1 amide bonds. The number of fused-ring (bicyclic) bond motifs is 3. The lowest BCUT2D eigenvalue weighted by Gasteiger charge is -2.03. The first-order valence-electron chi connectivity index (χ1n) is 8.47. The van der Waals surface area contributed by atoms with Gasteiger partial charge in [0.25, 0.3) is 0 Å². The first-order chi connectivity index (χ1) is 12.7. The van der Waals surface area contributed by atoms with Crippen molar-refractivity contribution in [3.05, 3.63) is 66.2 Å². The van der Waals surface area contributed by atoms with E-state index < -0.39 is 0 Å². The maximum absolute atomic E-state index is 12.2. The molecule has 0 aliphatic rings. The summed E-state index contributed by atoms with van der Waals surface area (Å²) in [5.41, 5.74) is 2.20. The zero-order chi connectivity index (χ0) is 17.9. The SMILES string of the molecule is Cc1ccc(SCCC(=O)Nc2nc3c(ccc4ccccc43)s2)cc1. The van der Waals surface area contributed by atoms with Crippen molar-refractivity contribution in [2.45, 2.75) is 18.2 Å². The van der Waals surface area contributed by atoms with E-state index in [0.717, 1.165) is 26.7 Å². The van der Waals surface area contributed by atoms with Gasteiger partial charge in [-0.15, -0.1) is 11.8 Å². The highest BCUT2D eigenvalue weighted by atomic mass is 32.2. The molecule has 0 spiro atoms. The highest BCUT2D eigenvalue weighted by Crippen LogP contribution is 2.31. The van der Waals surface area contributed by atoms with Crippen LogP contribution in [-0.4, -0.2) is 16.6 Å². The summed E-state index contributed by atoms with van der Waals surface area (Å²) in [5.74, 6) is 0.760. The maximum atomic E-state index is 12.2. The van der Waals surface area contributed by atoms with Crippen LogP contribution in [0.5, 0.6) is 0 Å². The minimum atomic E-state index is 0.00738. The predicted molar refractivity (Wildman–Crippen MR) is 112 cm³/mol. The summed E-state index contributed by atoms with van der Waals surface area (Å²) < 4.78 is 1.09. The van der Waals surface area contributed by atoms with Gasteiger partial charge < -0.3 is 5.32 Å². The number of carbonyl (C=O) groups is 1. The number of benzene rings is 3. The molecule has 3 aromatic carbocycles. The first kappa shape index (κ1) is 17.1. The van der Waals surface area contributed by atoms with E-state index >= 15 is 0 Å². The van der Waals surface area contributed by atoms with E-state index in [2.05, 4.69) is 65.8 Å². The highest BCUT2D eigenvalue weighted by Gasteiger charge is 2.10. The summed E-state index contributed by atoms with van der Waals surface area (Å²) >= 11 is 3.22. The molecule has 0 radical (unpaired) electrons. The Kier molecular flexibility index (Phi) is 4.91. The minimum Gasteiger partial charge on any atom is -0.302 e. The number of amides is 1. The van der Waals surface area contributed by atoms with Crippen LogP contribution in [0.15, 0.2) is 65.6 Å². The summed E-state index contributed by atoms with van der Waals surface area (Å²) in [6, 6.07) is 20.7. The van der Waals surface area contributed by atoms with Gasteiger partial charge in [-0.25, -0.2) is 4.98 Å². The smallest absolute Gasteiger partial charge is 0.226 e. The third kappa shape index (κ3) is 3.74. The molecule has 5 heteroatoms. The summed E-state index contributed by atoms with van der Waals surface area (Å²) in [6.45, 7) is 2.07. The van der Waals surface area contributed by atoms with E-state index in [1.54, 1.807) is 11.8 Å². The predicted octanol–water partition coefficient (Wildman–Crippen LogP) is 5.88. The van der Waals surface area contributed by atoms with Gasteiger partial charge in [0, 0.05) is 22.5 Å². The summed E-state index contributed by atoms with van der Waals surface area (Å²) in [4.78, 5) is 18.1. The molecule has 130 valence electrons. The number of rotatable bonds is 5. The van der Waals surface area contributed by atoms with E-state index in [1.807, 2.05) is 12.1 Å². The Balaban J connectivity index is 1.41. The van der Waals surface area contributed by atoms with Crippen LogP contribution < -0.4 is 5.32 Å². The number of nitrogens with one attached hydrogen (secondary N) is 1. The topological polar surface area (TPSA) is 42.0 Å². The zero-order valence-electron chi connectivity index (χ0n) is 14.4. The molecule has 0 saturated heterocycles. The van der Waals surface area contributed by atoms with Gasteiger partial charge in [0.15, 0.2) is 5.13 Å². The molecule has 0 atom stereocenters. The molecule has 0 aliphatic heterocycles. The number of nitrogens with zero attached hydrogens (tertiary/aromatic N) is 1. The molecule has 1 N–H and O–H groups in total. The summed E-state index contributed by atoms with van der Waals surface area (Å²) in [7, 11) is 0. The van der Waals surface area contributed by atoms with Gasteiger partial charge in [-0.3, -0.25) is 4.79 Å². The van der Waals surface area contributed by atoms with Crippen LogP contribution in [-0.2, 0) is 4.79 Å². The second-order valence-electron chi connectivity index (χ2n) is 6.11. The van der Waals surface area contributed by atoms with Gasteiger partial charge in [-0.05, 0) is 30.5 Å². The average molecular weight is 379 g/mol. The number of aromatic nitrogens is 1. The van der Waals surface area contributed by atoms with Crippen LogP contribution >= 0.6 is 23.1 Å². The molecule has 1 heterocycles. The second-order valence-corrected chi connectivity index (χ2v) is 8.31. The van der Waals surface area contributed by atoms with Crippen LogP contribution in [0.3, 0.4) is 0 Å². The van der Waals surface area contributed by atoms with Crippen LogP contribution in [0.1, 0.15) is 12.0 Å². The molecular weight excluding hydrogens is 360 g/mol. The standard InChI is InChI=1S/C21H18N2OS2/c1-14-6-9-16(10-7-14)25-13-12-19(24)22-21-23-20-17-5-3-2-4-15(17)8-11-18(20)26-21/h2-11H,12-13H2,1H3,(H,22,23,24). The van der Waals surface area contributed by atoms with Crippen molar-refractivity contribution in [3.63, 3.8) is 0 Å². The highest BCUT2D eigenvalue weighted by molar-refractivity contribution is 7.99. The van der Waals surface area contributed by atoms with E-state index in [1.165, 1.54) is 21.8 Å². The third-order valence-corrected chi connectivity index (χ3v) is 6.10. The molecule has 0 bridgehead atoms. The van der Waals surface area contributed by atoms with Gasteiger partial charge in [0.05, 0.1) is 10.2 Å². The van der Waals surface area contributed by atoms with E-state index in [4.69, 9.17) is 0 Å². The molecule has 0 saturated carbocycles.